The van der Waals surface area contributed by atoms with E-state index in [2.05, 4.69) is 14.9 Å². The van der Waals surface area contributed by atoms with Crippen molar-refractivity contribution in [1.29, 1.82) is 0 Å². The number of likely N-dealkylation sites (tertiary alicyclic amines) is 2. The highest BCUT2D eigenvalue weighted by atomic mass is 16.2. The molecule has 29 heavy (non-hydrogen) atoms. The molecule has 2 amide bonds. The number of nitrogens with zero attached hydrogens (tertiary/aromatic N) is 4. The van der Waals surface area contributed by atoms with Crippen LogP contribution in [0.5, 0.6) is 0 Å². The van der Waals surface area contributed by atoms with Gasteiger partial charge in [0.2, 0.25) is 5.91 Å². The van der Waals surface area contributed by atoms with E-state index < -0.39 is 0 Å². The van der Waals surface area contributed by atoms with Crippen LogP contribution in [-0.2, 0) is 4.79 Å². The smallest absolute Gasteiger partial charge is 0.253 e. The average Bonchev–Trinajstić information content (AvgIpc) is 3.03. The van der Waals surface area contributed by atoms with Gasteiger partial charge in [-0.15, -0.1) is 0 Å². The number of rotatable bonds is 2. The molecule has 0 unspecified atom stereocenters. The molecule has 2 fully saturated rings. The average molecular weight is 395 g/mol. The van der Waals surface area contributed by atoms with Crippen molar-refractivity contribution in [3.63, 3.8) is 0 Å². The molecule has 2 aliphatic heterocycles. The SMILES string of the molecule is Cc1nc2ccc(C(=O)N3CCC(C(=O)N4CCCCCC4)CC3)cc2nc1C. The standard InChI is InChI=1S/C23H30N4O2/c1-16-17(2)25-21-15-19(7-8-20(21)24-16)23(29)27-13-9-18(10-14-27)22(28)26-11-5-3-4-6-12-26/h7-8,15,18H,3-6,9-14H2,1-2H3. The predicted octanol–water partition coefficient (Wildman–Crippen LogP) is 3.50. The van der Waals surface area contributed by atoms with E-state index in [1.807, 2.05) is 36.9 Å². The quantitative estimate of drug-likeness (QED) is 0.782. The number of aryl methyl sites for hydroxylation is 2. The molecule has 2 aromatic rings. The van der Waals surface area contributed by atoms with Gasteiger partial charge in [0.1, 0.15) is 0 Å². The molecule has 0 N–H and O–H groups in total. The lowest BCUT2D eigenvalue weighted by molar-refractivity contribution is -0.136. The molecule has 1 aromatic carbocycles. The number of carbonyl (C=O) groups excluding carboxylic acids is 2. The summed E-state index contributed by atoms with van der Waals surface area (Å²) in [7, 11) is 0. The molecule has 0 radical (unpaired) electrons. The molecular formula is C23H30N4O2. The second-order valence-corrected chi connectivity index (χ2v) is 8.40. The molecular weight excluding hydrogens is 364 g/mol. The first-order valence-corrected chi connectivity index (χ1v) is 10.9. The minimum absolute atomic E-state index is 0.0209. The van der Waals surface area contributed by atoms with E-state index >= 15 is 0 Å². The maximum absolute atomic E-state index is 13.0. The highest BCUT2D eigenvalue weighted by Crippen LogP contribution is 2.24. The molecule has 154 valence electrons. The van der Waals surface area contributed by atoms with Crippen LogP contribution >= 0.6 is 0 Å². The number of fused-ring (bicyclic) bond motifs is 1. The number of hydrogen-bond donors (Lipinski definition) is 0. The first-order chi connectivity index (χ1) is 14.0. The zero-order chi connectivity index (χ0) is 20.4. The summed E-state index contributed by atoms with van der Waals surface area (Å²) in [5.74, 6) is 0.378. The van der Waals surface area contributed by atoms with Crippen LogP contribution in [-0.4, -0.2) is 57.8 Å². The maximum atomic E-state index is 13.0. The van der Waals surface area contributed by atoms with Gasteiger partial charge in [0.05, 0.1) is 22.4 Å². The fraction of sp³-hybridized carbons (Fsp3) is 0.565. The summed E-state index contributed by atoms with van der Waals surface area (Å²) in [6, 6.07) is 5.55. The van der Waals surface area contributed by atoms with Crippen LogP contribution in [0, 0.1) is 19.8 Å². The third-order valence-corrected chi connectivity index (χ3v) is 6.37. The van der Waals surface area contributed by atoms with Gasteiger partial charge >= 0.3 is 0 Å². The number of aromatic nitrogens is 2. The van der Waals surface area contributed by atoms with Gasteiger partial charge in [-0.2, -0.15) is 0 Å². The van der Waals surface area contributed by atoms with E-state index in [4.69, 9.17) is 0 Å². The van der Waals surface area contributed by atoms with Gasteiger partial charge < -0.3 is 9.80 Å². The van der Waals surface area contributed by atoms with E-state index in [0.717, 1.165) is 61.2 Å². The summed E-state index contributed by atoms with van der Waals surface area (Å²) >= 11 is 0. The highest BCUT2D eigenvalue weighted by Gasteiger charge is 2.30. The number of benzene rings is 1. The van der Waals surface area contributed by atoms with Crippen molar-refractivity contribution in [2.45, 2.75) is 52.4 Å². The Kier molecular flexibility index (Phi) is 5.79. The second-order valence-electron chi connectivity index (χ2n) is 8.40. The van der Waals surface area contributed by atoms with Gasteiger partial charge in [-0.1, -0.05) is 12.8 Å². The third kappa shape index (κ3) is 4.26. The summed E-state index contributed by atoms with van der Waals surface area (Å²) < 4.78 is 0. The van der Waals surface area contributed by atoms with Crippen molar-refractivity contribution in [3.8, 4) is 0 Å². The number of amides is 2. The van der Waals surface area contributed by atoms with Gasteiger partial charge in [-0.25, -0.2) is 9.97 Å². The highest BCUT2D eigenvalue weighted by molar-refractivity contribution is 5.97. The maximum Gasteiger partial charge on any atom is 0.253 e. The summed E-state index contributed by atoms with van der Waals surface area (Å²) in [6.07, 6.45) is 6.21. The van der Waals surface area contributed by atoms with Crippen LogP contribution in [0.4, 0.5) is 0 Å². The summed E-state index contributed by atoms with van der Waals surface area (Å²) in [5, 5.41) is 0. The summed E-state index contributed by atoms with van der Waals surface area (Å²) in [4.78, 5) is 38.9. The van der Waals surface area contributed by atoms with Crippen LogP contribution in [0.25, 0.3) is 11.0 Å². The Balaban J connectivity index is 1.40. The van der Waals surface area contributed by atoms with Crippen LogP contribution in [0.3, 0.4) is 0 Å². The van der Waals surface area contributed by atoms with Crippen molar-refractivity contribution >= 4 is 22.8 Å². The lowest BCUT2D eigenvalue weighted by atomic mass is 9.94. The molecule has 4 rings (SSSR count). The Morgan fingerprint density at radius 1 is 0.828 bits per heavy atom. The van der Waals surface area contributed by atoms with Crippen LogP contribution < -0.4 is 0 Å². The second kappa shape index (κ2) is 8.47. The molecule has 0 spiro atoms. The molecule has 6 heteroatoms. The van der Waals surface area contributed by atoms with Crippen molar-refractivity contribution in [2.75, 3.05) is 26.2 Å². The summed E-state index contributed by atoms with van der Waals surface area (Å²) in [5.41, 5.74) is 4.01. The van der Waals surface area contributed by atoms with Gasteiger partial charge in [0, 0.05) is 37.7 Å². The Hall–Kier alpha value is -2.50. The Morgan fingerprint density at radius 3 is 2.10 bits per heavy atom. The van der Waals surface area contributed by atoms with E-state index in [1.165, 1.54) is 12.8 Å². The minimum atomic E-state index is 0.0209. The van der Waals surface area contributed by atoms with Gasteiger partial charge in [-0.05, 0) is 57.7 Å². The topological polar surface area (TPSA) is 66.4 Å². The molecule has 3 heterocycles. The molecule has 2 aliphatic rings. The third-order valence-electron chi connectivity index (χ3n) is 6.37. The summed E-state index contributed by atoms with van der Waals surface area (Å²) in [6.45, 7) is 6.95. The first-order valence-electron chi connectivity index (χ1n) is 10.9. The fourth-order valence-electron chi connectivity index (χ4n) is 4.43. The zero-order valence-corrected chi connectivity index (χ0v) is 17.5. The molecule has 6 nitrogen and oxygen atoms in total. The number of carbonyl (C=O) groups is 2. The van der Waals surface area contributed by atoms with E-state index in [-0.39, 0.29) is 11.8 Å². The van der Waals surface area contributed by atoms with Gasteiger partial charge in [-0.3, -0.25) is 9.59 Å². The number of hydrogen-bond acceptors (Lipinski definition) is 4. The monoisotopic (exact) mass is 394 g/mol. The zero-order valence-electron chi connectivity index (χ0n) is 17.5. The first kappa shape index (κ1) is 19.8. The van der Waals surface area contributed by atoms with Crippen LogP contribution in [0.15, 0.2) is 18.2 Å². The molecule has 0 bridgehead atoms. The van der Waals surface area contributed by atoms with Crippen LogP contribution in [0.1, 0.15) is 60.3 Å². The van der Waals surface area contributed by atoms with Gasteiger partial charge in [0.25, 0.3) is 5.91 Å². The Morgan fingerprint density at radius 2 is 1.45 bits per heavy atom. The molecule has 0 atom stereocenters. The van der Waals surface area contributed by atoms with E-state index in [0.29, 0.717) is 24.6 Å². The lowest BCUT2D eigenvalue weighted by Gasteiger charge is -2.34. The number of piperidine rings is 1. The molecule has 0 saturated carbocycles. The lowest BCUT2D eigenvalue weighted by Crippen LogP contribution is -2.44. The van der Waals surface area contributed by atoms with Crippen molar-refractivity contribution < 1.29 is 9.59 Å². The van der Waals surface area contributed by atoms with Crippen molar-refractivity contribution in [1.82, 2.24) is 19.8 Å². The van der Waals surface area contributed by atoms with Crippen molar-refractivity contribution in [2.24, 2.45) is 5.92 Å². The van der Waals surface area contributed by atoms with Crippen molar-refractivity contribution in [3.05, 3.63) is 35.2 Å². The molecule has 0 aliphatic carbocycles. The fourth-order valence-corrected chi connectivity index (χ4v) is 4.43. The largest absolute Gasteiger partial charge is 0.342 e. The van der Waals surface area contributed by atoms with Crippen LogP contribution in [0.2, 0.25) is 0 Å². The van der Waals surface area contributed by atoms with E-state index in [1.54, 1.807) is 0 Å². The van der Waals surface area contributed by atoms with Gasteiger partial charge in [0.15, 0.2) is 0 Å². The molecule has 1 aromatic heterocycles. The molecule has 2 saturated heterocycles. The normalized spacial score (nSPS) is 18.7. The Bertz CT molecular complexity index is 910. The minimum Gasteiger partial charge on any atom is -0.342 e. The predicted molar refractivity (Wildman–Crippen MR) is 113 cm³/mol. The Labute approximate surface area is 172 Å². The van der Waals surface area contributed by atoms with E-state index in [9.17, 15) is 9.59 Å².